The molecule has 0 rings (SSSR count). The number of carbonyl (C=O) groups is 2. The molecule has 0 fully saturated rings. The zero-order valence-electron chi connectivity index (χ0n) is 8.37. The zero-order chi connectivity index (χ0) is 11.7. The molecule has 4 heteroatoms. The van der Waals surface area contributed by atoms with Crippen LogP contribution in [0.15, 0.2) is 37.1 Å². The summed E-state index contributed by atoms with van der Waals surface area (Å²) < 4.78 is 4.33. The molecule has 1 N–H and O–H groups in total. The lowest BCUT2D eigenvalue weighted by molar-refractivity contribution is -0.134. The van der Waals surface area contributed by atoms with Crippen LogP contribution in [0.25, 0.3) is 0 Å². The van der Waals surface area contributed by atoms with Gasteiger partial charge in [0.25, 0.3) is 0 Å². The summed E-state index contributed by atoms with van der Waals surface area (Å²) in [5.41, 5.74) is 0.555. The highest BCUT2D eigenvalue weighted by atomic mass is 16.5. The Kier molecular flexibility index (Phi) is 8.16. The maximum Gasteiger partial charge on any atom is 0.337 e. The second kappa shape index (κ2) is 7.79. The van der Waals surface area contributed by atoms with E-state index in [4.69, 9.17) is 5.11 Å². The Balaban J connectivity index is 0. The normalized spacial score (nSPS) is 7.57. The number of hydrogen-bond donors (Lipinski definition) is 1. The molecule has 0 amide bonds. The topological polar surface area (TPSA) is 63.6 Å². The van der Waals surface area contributed by atoms with Crippen molar-refractivity contribution in [2.45, 2.75) is 13.8 Å². The van der Waals surface area contributed by atoms with Gasteiger partial charge in [0.2, 0.25) is 0 Å². The van der Waals surface area contributed by atoms with Crippen molar-refractivity contribution in [3.8, 4) is 0 Å². The van der Waals surface area contributed by atoms with Crippen molar-refractivity contribution < 1.29 is 19.4 Å². The first-order valence-corrected chi connectivity index (χ1v) is 3.69. The molecule has 4 nitrogen and oxygen atoms in total. The fourth-order valence-electron chi connectivity index (χ4n) is 0.176. The van der Waals surface area contributed by atoms with Gasteiger partial charge in [-0.15, -0.1) is 0 Å². The van der Waals surface area contributed by atoms with Gasteiger partial charge < -0.3 is 9.84 Å². The van der Waals surface area contributed by atoms with E-state index in [2.05, 4.69) is 24.5 Å². The molecule has 0 unspecified atom stereocenters. The molecule has 0 heterocycles. The van der Waals surface area contributed by atoms with Gasteiger partial charge in [-0.25, -0.2) is 9.59 Å². The SMILES string of the molecule is C=C(C)C(=O)O.C=COC(=O)C(=C)C. The average molecular weight is 198 g/mol. The zero-order valence-corrected chi connectivity index (χ0v) is 8.37. The van der Waals surface area contributed by atoms with Crippen LogP contribution in [0.1, 0.15) is 13.8 Å². The first-order valence-electron chi connectivity index (χ1n) is 3.69. The molecular formula is C10H14O4. The number of aliphatic carboxylic acids is 1. The van der Waals surface area contributed by atoms with E-state index in [1.807, 2.05) is 0 Å². The van der Waals surface area contributed by atoms with Gasteiger partial charge in [-0.2, -0.15) is 0 Å². The maximum atomic E-state index is 10.3. The summed E-state index contributed by atoms with van der Waals surface area (Å²) in [7, 11) is 0. The van der Waals surface area contributed by atoms with Crippen molar-refractivity contribution in [2.24, 2.45) is 0 Å². The van der Waals surface area contributed by atoms with Crippen LogP contribution in [0.4, 0.5) is 0 Å². The Morgan fingerprint density at radius 2 is 1.57 bits per heavy atom. The minimum Gasteiger partial charge on any atom is -0.478 e. The Morgan fingerprint density at radius 1 is 1.21 bits per heavy atom. The van der Waals surface area contributed by atoms with E-state index >= 15 is 0 Å². The van der Waals surface area contributed by atoms with Gasteiger partial charge in [-0.3, -0.25) is 0 Å². The third kappa shape index (κ3) is 10.2. The van der Waals surface area contributed by atoms with E-state index < -0.39 is 11.9 Å². The summed E-state index contributed by atoms with van der Waals surface area (Å²) in [5, 5.41) is 7.89. The maximum absolute atomic E-state index is 10.3. The first kappa shape index (κ1) is 14.7. The highest BCUT2D eigenvalue weighted by Crippen LogP contribution is 1.90. The Hall–Kier alpha value is -1.84. The van der Waals surface area contributed by atoms with E-state index in [1.54, 1.807) is 6.92 Å². The molecule has 0 aromatic carbocycles. The molecule has 14 heavy (non-hydrogen) atoms. The summed E-state index contributed by atoms with van der Waals surface area (Å²) in [6.07, 6.45) is 1.08. The summed E-state index contributed by atoms with van der Waals surface area (Å²) >= 11 is 0. The summed E-state index contributed by atoms with van der Waals surface area (Å²) in [5.74, 6) is -1.37. The van der Waals surface area contributed by atoms with Crippen LogP contribution >= 0.6 is 0 Å². The number of rotatable bonds is 3. The van der Waals surface area contributed by atoms with Crippen molar-refractivity contribution in [1.82, 2.24) is 0 Å². The van der Waals surface area contributed by atoms with E-state index in [-0.39, 0.29) is 5.57 Å². The Labute approximate surface area is 83.2 Å². The number of esters is 1. The molecule has 0 saturated carbocycles. The quantitative estimate of drug-likeness (QED) is 0.427. The molecule has 0 atom stereocenters. The standard InChI is InChI=1S/C6H8O2.C4H6O2/c1-4-8-6(7)5(2)3;1-3(2)4(5)6/h4H,1-2H2,3H3;1H2,2H3,(H,5,6). The molecule has 0 aromatic rings. The third-order valence-corrected chi connectivity index (χ3v) is 0.904. The number of carbonyl (C=O) groups excluding carboxylic acids is 1. The lowest BCUT2D eigenvalue weighted by atomic mass is 10.4. The number of ether oxygens (including phenoxy) is 1. The van der Waals surface area contributed by atoms with Crippen molar-refractivity contribution in [1.29, 1.82) is 0 Å². The monoisotopic (exact) mass is 198 g/mol. The molecule has 0 aliphatic heterocycles. The lowest BCUT2D eigenvalue weighted by Gasteiger charge is -1.92. The first-order chi connectivity index (χ1) is 6.32. The van der Waals surface area contributed by atoms with Crippen LogP contribution in [0.5, 0.6) is 0 Å². The van der Waals surface area contributed by atoms with Gasteiger partial charge in [0.15, 0.2) is 0 Å². The van der Waals surface area contributed by atoms with Gasteiger partial charge >= 0.3 is 11.9 Å². The van der Waals surface area contributed by atoms with E-state index in [9.17, 15) is 9.59 Å². The van der Waals surface area contributed by atoms with Crippen LogP contribution in [-0.4, -0.2) is 17.0 Å². The van der Waals surface area contributed by atoms with Gasteiger partial charge in [0.1, 0.15) is 0 Å². The molecule has 0 radical (unpaired) electrons. The highest BCUT2D eigenvalue weighted by Gasteiger charge is 1.97. The third-order valence-electron chi connectivity index (χ3n) is 0.904. The second-order valence-corrected chi connectivity index (χ2v) is 2.44. The largest absolute Gasteiger partial charge is 0.478 e. The van der Waals surface area contributed by atoms with Gasteiger partial charge in [-0.1, -0.05) is 19.7 Å². The fourth-order valence-corrected chi connectivity index (χ4v) is 0.176. The molecule has 78 valence electrons. The molecule has 0 aliphatic carbocycles. The van der Waals surface area contributed by atoms with Crippen molar-refractivity contribution in [3.05, 3.63) is 37.1 Å². The molecule has 0 spiro atoms. The van der Waals surface area contributed by atoms with Gasteiger partial charge in [0.05, 0.1) is 6.26 Å². The highest BCUT2D eigenvalue weighted by molar-refractivity contribution is 5.87. The molecule has 0 aliphatic rings. The van der Waals surface area contributed by atoms with Crippen LogP contribution in [0.2, 0.25) is 0 Å². The van der Waals surface area contributed by atoms with E-state index in [0.717, 1.165) is 6.26 Å². The number of carboxylic acids is 1. The van der Waals surface area contributed by atoms with Gasteiger partial charge in [-0.05, 0) is 13.8 Å². The molecule has 0 bridgehead atoms. The van der Waals surface area contributed by atoms with Crippen LogP contribution in [0.3, 0.4) is 0 Å². The second-order valence-electron chi connectivity index (χ2n) is 2.44. The predicted octanol–water partition coefficient (Wildman–Crippen LogP) is 1.90. The van der Waals surface area contributed by atoms with Gasteiger partial charge in [0, 0.05) is 11.1 Å². The van der Waals surface area contributed by atoms with Crippen LogP contribution < -0.4 is 0 Å². The Bertz CT molecular complexity index is 251. The molecular weight excluding hydrogens is 184 g/mol. The van der Waals surface area contributed by atoms with Crippen molar-refractivity contribution in [2.75, 3.05) is 0 Å². The minimum absolute atomic E-state index is 0.176. The summed E-state index contributed by atoms with van der Waals surface area (Å²) in [6.45, 7) is 12.7. The van der Waals surface area contributed by atoms with E-state index in [1.165, 1.54) is 6.92 Å². The van der Waals surface area contributed by atoms with E-state index in [0.29, 0.717) is 5.57 Å². The number of carboxylic acid groups (broad SMARTS) is 1. The van der Waals surface area contributed by atoms with Crippen LogP contribution in [-0.2, 0) is 14.3 Å². The molecule has 0 aromatic heterocycles. The van der Waals surface area contributed by atoms with Crippen molar-refractivity contribution in [3.63, 3.8) is 0 Å². The Morgan fingerprint density at radius 3 is 1.64 bits per heavy atom. The fraction of sp³-hybridized carbons (Fsp3) is 0.200. The van der Waals surface area contributed by atoms with Crippen molar-refractivity contribution >= 4 is 11.9 Å². The average Bonchev–Trinajstić information content (AvgIpc) is 2.05. The summed E-state index contributed by atoms with van der Waals surface area (Å²) in [4.78, 5) is 19.9. The lowest BCUT2D eigenvalue weighted by Crippen LogP contribution is -1.98. The minimum atomic E-state index is -0.935. The smallest absolute Gasteiger partial charge is 0.337 e. The van der Waals surface area contributed by atoms with Crippen LogP contribution in [0, 0.1) is 0 Å². The summed E-state index contributed by atoms with van der Waals surface area (Å²) in [6, 6.07) is 0. The number of hydrogen-bond acceptors (Lipinski definition) is 3. The predicted molar refractivity (Wildman–Crippen MR) is 53.6 cm³/mol. The molecule has 0 saturated heterocycles.